The average Bonchev–Trinajstić information content (AvgIpc) is 2.72. The zero-order valence-electron chi connectivity index (χ0n) is 17.2. The molecule has 0 N–H and O–H groups in total. The van der Waals surface area contributed by atoms with Gasteiger partial charge in [0.05, 0.1) is 21.3 Å². The molecule has 28 heavy (non-hydrogen) atoms. The van der Waals surface area contributed by atoms with Crippen molar-refractivity contribution >= 4 is 0 Å². The lowest BCUT2D eigenvalue weighted by atomic mass is 9.84. The molecule has 0 fully saturated rings. The summed E-state index contributed by atoms with van der Waals surface area (Å²) in [7, 11) is 5.12. The number of rotatable bonds is 7. The zero-order chi connectivity index (χ0) is 20.1. The quantitative estimate of drug-likeness (QED) is 0.545. The first-order chi connectivity index (χ1) is 13.6. The summed E-state index contributed by atoms with van der Waals surface area (Å²) in [6.45, 7) is 4.16. The van der Waals surface area contributed by atoms with E-state index in [1.807, 2.05) is 24.3 Å². The lowest BCUT2D eigenvalue weighted by Gasteiger charge is -2.22. The van der Waals surface area contributed by atoms with Crippen LogP contribution in [0.3, 0.4) is 0 Å². The van der Waals surface area contributed by atoms with Gasteiger partial charge in [-0.15, -0.1) is 0 Å². The summed E-state index contributed by atoms with van der Waals surface area (Å²) in [5, 5.41) is 0. The molecule has 0 bridgehead atoms. The molecule has 0 aromatic heterocycles. The van der Waals surface area contributed by atoms with Gasteiger partial charge in [-0.3, -0.25) is 0 Å². The first kappa shape index (κ1) is 19.8. The van der Waals surface area contributed by atoms with E-state index < -0.39 is 0 Å². The lowest BCUT2D eigenvalue weighted by Crippen LogP contribution is -2.07. The van der Waals surface area contributed by atoms with Crippen molar-refractivity contribution in [2.45, 2.75) is 26.2 Å². The van der Waals surface area contributed by atoms with Crippen molar-refractivity contribution in [3.63, 3.8) is 0 Å². The molecule has 3 heteroatoms. The first-order valence-corrected chi connectivity index (χ1v) is 9.39. The number of hydrogen-bond donors (Lipinski definition) is 0. The van der Waals surface area contributed by atoms with E-state index in [1.165, 1.54) is 11.1 Å². The normalized spacial score (nSPS) is 10.8. The largest absolute Gasteiger partial charge is 0.496 e. The number of ether oxygens (including phenoxy) is 3. The standard InChI is InChI=1S/C25H27O3/c1-17-14-19(10-12-23(17)26-3)22(16-21-8-6-7-9-25(21)28-5)20-11-13-24(27-4)18(2)15-20/h6,8-15,22H,16H2,1-5H3. The highest BCUT2D eigenvalue weighted by molar-refractivity contribution is 5.46. The molecule has 3 nitrogen and oxygen atoms in total. The predicted octanol–water partition coefficient (Wildman–Crippen LogP) is 5.50. The van der Waals surface area contributed by atoms with Gasteiger partial charge in [0, 0.05) is 5.92 Å². The molecule has 0 aliphatic carbocycles. The van der Waals surface area contributed by atoms with Crippen LogP contribution in [0.5, 0.6) is 17.2 Å². The van der Waals surface area contributed by atoms with Crippen LogP contribution in [0.1, 0.15) is 33.7 Å². The number of aryl methyl sites for hydroxylation is 2. The van der Waals surface area contributed by atoms with E-state index in [4.69, 9.17) is 14.2 Å². The van der Waals surface area contributed by atoms with Crippen molar-refractivity contribution in [2.24, 2.45) is 0 Å². The molecule has 3 aromatic carbocycles. The zero-order valence-corrected chi connectivity index (χ0v) is 17.2. The molecule has 3 aromatic rings. The van der Waals surface area contributed by atoms with Crippen molar-refractivity contribution in [3.8, 4) is 17.2 Å². The van der Waals surface area contributed by atoms with Gasteiger partial charge in [-0.25, -0.2) is 0 Å². The second-order valence-electron chi connectivity index (χ2n) is 6.95. The SMILES string of the molecule is COc1ccc(C(Cc2cc[c]cc2OC)c2ccc(OC)c(C)c2)cc1C. The topological polar surface area (TPSA) is 27.7 Å². The molecule has 145 valence electrons. The van der Waals surface area contributed by atoms with Crippen molar-refractivity contribution < 1.29 is 14.2 Å². The fraction of sp³-hybridized carbons (Fsp3) is 0.280. The maximum absolute atomic E-state index is 5.57. The minimum absolute atomic E-state index is 0.186. The van der Waals surface area contributed by atoms with E-state index in [0.29, 0.717) is 0 Å². The van der Waals surface area contributed by atoms with Crippen molar-refractivity contribution in [1.82, 2.24) is 0 Å². The Morgan fingerprint density at radius 3 is 1.75 bits per heavy atom. The van der Waals surface area contributed by atoms with Crippen LogP contribution < -0.4 is 14.2 Å². The summed E-state index contributed by atoms with van der Waals surface area (Å²) < 4.78 is 16.5. The fourth-order valence-electron chi connectivity index (χ4n) is 3.69. The third-order valence-electron chi connectivity index (χ3n) is 5.20. The fourth-order valence-corrected chi connectivity index (χ4v) is 3.69. The number of hydrogen-bond acceptors (Lipinski definition) is 3. The highest BCUT2D eigenvalue weighted by Crippen LogP contribution is 2.35. The summed E-state index contributed by atoms with van der Waals surface area (Å²) in [6.07, 6.45) is 0.829. The highest BCUT2D eigenvalue weighted by atomic mass is 16.5. The van der Waals surface area contributed by atoms with Crippen molar-refractivity contribution in [3.05, 3.63) is 88.5 Å². The van der Waals surface area contributed by atoms with Crippen molar-refractivity contribution in [1.29, 1.82) is 0 Å². The smallest absolute Gasteiger partial charge is 0.122 e. The van der Waals surface area contributed by atoms with Crippen LogP contribution in [0.4, 0.5) is 0 Å². The summed E-state index contributed by atoms with van der Waals surface area (Å²) in [5.74, 6) is 2.86. The van der Waals surface area contributed by atoms with E-state index in [2.05, 4.69) is 50.2 Å². The molecular weight excluding hydrogens is 348 g/mol. The van der Waals surface area contributed by atoms with E-state index >= 15 is 0 Å². The Morgan fingerprint density at radius 2 is 1.29 bits per heavy atom. The highest BCUT2D eigenvalue weighted by Gasteiger charge is 2.19. The summed E-state index contributed by atoms with van der Waals surface area (Å²) >= 11 is 0. The minimum atomic E-state index is 0.186. The van der Waals surface area contributed by atoms with Gasteiger partial charge in [0.1, 0.15) is 17.2 Å². The van der Waals surface area contributed by atoms with Gasteiger partial charge in [0.15, 0.2) is 0 Å². The molecule has 0 saturated carbocycles. The molecule has 0 heterocycles. The number of methoxy groups -OCH3 is 3. The van der Waals surface area contributed by atoms with Crippen LogP contribution in [-0.4, -0.2) is 21.3 Å². The van der Waals surface area contributed by atoms with E-state index in [9.17, 15) is 0 Å². The van der Waals surface area contributed by atoms with Gasteiger partial charge >= 0.3 is 0 Å². The van der Waals surface area contributed by atoms with Crippen LogP contribution in [0, 0.1) is 19.9 Å². The Kier molecular flexibility index (Phi) is 6.25. The van der Waals surface area contributed by atoms with E-state index in [-0.39, 0.29) is 5.92 Å². The molecule has 0 aliphatic heterocycles. The summed E-state index contributed by atoms with van der Waals surface area (Å²) in [6, 6.07) is 21.8. The second-order valence-corrected chi connectivity index (χ2v) is 6.95. The average molecular weight is 375 g/mol. The molecule has 3 rings (SSSR count). The van der Waals surface area contributed by atoms with Crippen LogP contribution >= 0.6 is 0 Å². The van der Waals surface area contributed by atoms with Gasteiger partial charge in [-0.1, -0.05) is 36.4 Å². The van der Waals surface area contributed by atoms with Gasteiger partial charge in [-0.05, 0) is 72.4 Å². The van der Waals surface area contributed by atoms with Gasteiger partial charge in [-0.2, -0.15) is 0 Å². The predicted molar refractivity (Wildman–Crippen MR) is 113 cm³/mol. The monoisotopic (exact) mass is 375 g/mol. The Hall–Kier alpha value is -2.94. The van der Waals surface area contributed by atoms with Crippen molar-refractivity contribution in [2.75, 3.05) is 21.3 Å². The molecule has 1 radical (unpaired) electrons. The van der Waals surface area contributed by atoms with Crippen LogP contribution in [0.25, 0.3) is 0 Å². The Balaban J connectivity index is 2.08. The maximum Gasteiger partial charge on any atom is 0.122 e. The van der Waals surface area contributed by atoms with Gasteiger partial charge in [0.25, 0.3) is 0 Å². The molecule has 0 aliphatic rings. The van der Waals surface area contributed by atoms with Crippen LogP contribution in [-0.2, 0) is 6.42 Å². The second kappa shape index (κ2) is 8.83. The Morgan fingerprint density at radius 1 is 0.750 bits per heavy atom. The maximum atomic E-state index is 5.57. The van der Waals surface area contributed by atoms with Gasteiger partial charge < -0.3 is 14.2 Å². The number of benzene rings is 3. The van der Waals surface area contributed by atoms with E-state index in [0.717, 1.165) is 40.4 Å². The van der Waals surface area contributed by atoms with Crippen LogP contribution in [0.2, 0.25) is 0 Å². The van der Waals surface area contributed by atoms with Gasteiger partial charge in [0.2, 0.25) is 0 Å². The summed E-state index contributed by atoms with van der Waals surface area (Å²) in [4.78, 5) is 0. The Labute approximate surface area is 167 Å². The Bertz CT molecular complexity index is 893. The van der Waals surface area contributed by atoms with Crippen LogP contribution in [0.15, 0.2) is 54.6 Å². The molecule has 0 amide bonds. The van der Waals surface area contributed by atoms with E-state index in [1.54, 1.807) is 21.3 Å². The first-order valence-electron chi connectivity index (χ1n) is 9.39. The molecule has 0 saturated heterocycles. The minimum Gasteiger partial charge on any atom is -0.496 e. The summed E-state index contributed by atoms with van der Waals surface area (Å²) in [5.41, 5.74) is 5.91. The molecule has 0 unspecified atom stereocenters. The molecule has 0 spiro atoms. The molecular formula is C25H27O3. The lowest BCUT2D eigenvalue weighted by molar-refractivity contribution is 0.408. The molecule has 0 atom stereocenters. The third-order valence-corrected chi connectivity index (χ3v) is 5.20. The third kappa shape index (κ3) is 4.14.